The average molecular weight is 137 g/mol. The molecule has 1 N–H and O–H groups in total. The van der Waals surface area contributed by atoms with Crippen LogP contribution in [0.2, 0.25) is 0 Å². The second kappa shape index (κ2) is 4.14. The van der Waals surface area contributed by atoms with Gasteiger partial charge in [-0.25, -0.2) is 0 Å². The van der Waals surface area contributed by atoms with Gasteiger partial charge < -0.3 is 0 Å². The Kier molecular flexibility index (Phi) is 3.83. The lowest BCUT2D eigenvalue weighted by Crippen LogP contribution is -2.38. The molecule has 0 amide bonds. The largest absolute Gasteiger partial charge is 0.298 e. The Hall–Kier alpha value is -0.740. The first-order chi connectivity index (χ1) is 4.68. The van der Waals surface area contributed by atoms with Crippen molar-refractivity contribution in [1.29, 1.82) is 0 Å². The first-order valence-electron chi connectivity index (χ1n) is 3.55. The molecule has 1 atom stereocenters. The van der Waals surface area contributed by atoms with Gasteiger partial charge in [-0.15, -0.1) is 13.0 Å². The van der Waals surface area contributed by atoms with Crippen molar-refractivity contribution in [1.82, 2.24) is 5.32 Å². The van der Waals surface area contributed by atoms with Crippen LogP contribution >= 0.6 is 0 Å². The number of hydrogen-bond acceptors (Lipinski definition) is 1. The van der Waals surface area contributed by atoms with Crippen LogP contribution in [-0.2, 0) is 0 Å². The minimum absolute atomic E-state index is 0.323. The van der Waals surface area contributed by atoms with Crippen LogP contribution in [0.15, 0.2) is 12.7 Å². The highest BCUT2D eigenvalue weighted by Crippen LogP contribution is 2.01. The number of hydrogen-bond donors (Lipinski definition) is 1. The van der Waals surface area contributed by atoms with Crippen molar-refractivity contribution in [3.05, 3.63) is 12.7 Å². The highest BCUT2D eigenvalue weighted by Gasteiger charge is 2.13. The van der Waals surface area contributed by atoms with Crippen molar-refractivity contribution in [2.24, 2.45) is 0 Å². The van der Waals surface area contributed by atoms with Crippen molar-refractivity contribution in [2.45, 2.75) is 25.8 Å². The Morgan fingerprint density at radius 3 is 2.70 bits per heavy atom. The van der Waals surface area contributed by atoms with Gasteiger partial charge in [0.2, 0.25) is 0 Å². The summed E-state index contributed by atoms with van der Waals surface area (Å²) in [5.41, 5.74) is -0.323. The Morgan fingerprint density at radius 1 is 1.80 bits per heavy atom. The van der Waals surface area contributed by atoms with E-state index in [4.69, 9.17) is 6.42 Å². The lowest BCUT2D eigenvalue weighted by molar-refractivity contribution is 0.539. The molecule has 0 rings (SSSR count). The predicted octanol–water partition coefficient (Wildman–Crippen LogP) is 1.56. The Labute approximate surface area is 63.5 Å². The monoisotopic (exact) mass is 137 g/mol. The molecule has 0 aromatic carbocycles. The minimum atomic E-state index is -0.323. The van der Waals surface area contributed by atoms with Crippen molar-refractivity contribution in [3.63, 3.8) is 0 Å². The van der Waals surface area contributed by atoms with Crippen LogP contribution in [-0.4, -0.2) is 12.1 Å². The molecule has 0 saturated heterocycles. The van der Waals surface area contributed by atoms with E-state index in [1.54, 1.807) is 6.08 Å². The first-order valence-corrected chi connectivity index (χ1v) is 3.55. The zero-order valence-corrected chi connectivity index (χ0v) is 6.78. The molecular formula is C9H15N. The molecule has 0 aliphatic heterocycles. The Balaban J connectivity index is 3.84. The Morgan fingerprint density at radius 2 is 2.40 bits per heavy atom. The molecule has 1 nitrogen and oxygen atoms in total. The maximum Gasteiger partial charge on any atom is 0.0952 e. The summed E-state index contributed by atoms with van der Waals surface area (Å²) in [6, 6.07) is 0. The van der Waals surface area contributed by atoms with Gasteiger partial charge in [0.05, 0.1) is 5.54 Å². The number of nitrogens with one attached hydrogen (secondary N) is 1. The second-order valence-electron chi connectivity index (χ2n) is 2.48. The molecule has 0 fully saturated rings. The van der Waals surface area contributed by atoms with Crippen LogP contribution in [0, 0.1) is 12.3 Å². The minimum Gasteiger partial charge on any atom is -0.298 e. The predicted molar refractivity (Wildman–Crippen MR) is 45.7 cm³/mol. The van der Waals surface area contributed by atoms with Gasteiger partial charge in [0.25, 0.3) is 0 Å². The quantitative estimate of drug-likeness (QED) is 0.458. The summed E-state index contributed by atoms with van der Waals surface area (Å²) >= 11 is 0. The van der Waals surface area contributed by atoms with Gasteiger partial charge in [0.15, 0.2) is 0 Å². The van der Waals surface area contributed by atoms with Crippen LogP contribution in [0.1, 0.15) is 20.3 Å². The van der Waals surface area contributed by atoms with Gasteiger partial charge in [0, 0.05) is 0 Å². The molecule has 0 aliphatic rings. The standard InChI is InChI=1S/C9H15N/c1-5-8-10-9(4,6-2)7-3/h2,7,10H,3,5,8H2,1,4H3. The molecule has 56 valence electrons. The fourth-order valence-corrected chi connectivity index (χ4v) is 0.567. The summed E-state index contributed by atoms with van der Waals surface area (Å²) in [7, 11) is 0. The molecule has 0 bridgehead atoms. The lowest BCUT2D eigenvalue weighted by Gasteiger charge is -2.19. The third-order valence-electron chi connectivity index (χ3n) is 1.45. The van der Waals surface area contributed by atoms with E-state index in [1.165, 1.54) is 0 Å². The highest BCUT2D eigenvalue weighted by atomic mass is 14.9. The molecule has 0 radical (unpaired) electrons. The van der Waals surface area contributed by atoms with Gasteiger partial charge in [0.1, 0.15) is 0 Å². The van der Waals surface area contributed by atoms with Crippen LogP contribution < -0.4 is 5.32 Å². The zero-order valence-electron chi connectivity index (χ0n) is 6.78. The van der Waals surface area contributed by atoms with Crippen LogP contribution in [0.4, 0.5) is 0 Å². The number of rotatable bonds is 4. The van der Waals surface area contributed by atoms with Crippen molar-refractivity contribution < 1.29 is 0 Å². The summed E-state index contributed by atoms with van der Waals surface area (Å²) < 4.78 is 0. The molecule has 0 aromatic rings. The van der Waals surface area contributed by atoms with E-state index in [9.17, 15) is 0 Å². The molecular weight excluding hydrogens is 122 g/mol. The molecule has 1 heteroatoms. The van der Waals surface area contributed by atoms with E-state index >= 15 is 0 Å². The van der Waals surface area contributed by atoms with Crippen LogP contribution in [0.25, 0.3) is 0 Å². The topological polar surface area (TPSA) is 12.0 Å². The lowest BCUT2D eigenvalue weighted by atomic mass is 10.0. The third-order valence-corrected chi connectivity index (χ3v) is 1.45. The van der Waals surface area contributed by atoms with Crippen LogP contribution in [0.3, 0.4) is 0 Å². The fraction of sp³-hybridized carbons (Fsp3) is 0.556. The van der Waals surface area contributed by atoms with Gasteiger partial charge in [-0.2, -0.15) is 0 Å². The fourth-order valence-electron chi connectivity index (χ4n) is 0.567. The first kappa shape index (κ1) is 9.26. The average Bonchev–Trinajstić information content (AvgIpc) is 2.00. The van der Waals surface area contributed by atoms with Gasteiger partial charge in [-0.1, -0.05) is 18.9 Å². The highest BCUT2D eigenvalue weighted by molar-refractivity contribution is 5.19. The van der Waals surface area contributed by atoms with E-state index in [1.807, 2.05) is 6.92 Å². The van der Waals surface area contributed by atoms with E-state index in [0.717, 1.165) is 13.0 Å². The molecule has 1 unspecified atom stereocenters. The van der Waals surface area contributed by atoms with E-state index in [-0.39, 0.29) is 5.54 Å². The summed E-state index contributed by atoms with van der Waals surface area (Å²) in [5, 5.41) is 3.19. The molecule has 10 heavy (non-hydrogen) atoms. The third kappa shape index (κ3) is 2.70. The van der Waals surface area contributed by atoms with Crippen molar-refractivity contribution >= 4 is 0 Å². The van der Waals surface area contributed by atoms with Gasteiger partial charge in [-0.3, -0.25) is 5.32 Å². The zero-order chi connectivity index (χ0) is 8.04. The summed E-state index contributed by atoms with van der Waals surface area (Å²) in [6.45, 7) is 8.63. The van der Waals surface area contributed by atoms with Gasteiger partial charge >= 0.3 is 0 Å². The van der Waals surface area contributed by atoms with Crippen molar-refractivity contribution in [3.8, 4) is 12.3 Å². The normalized spacial score (nSPS) is 15.3. The van der Waals surface area contributed by atoms with E-state index in [2.05, 4.69) is 24.7 Å². The molecule has 0 saturated carbocycles. The van der Waals surface area contributed by atoms with E-state index < -0.39 is 0 Å². The summed E-state index contributed by atoms with van der Waals surface area (Å²) in [5.74, 6) is 2.63. The maximum absolute atomic E-state index is 5.27. The Bertz CT molecular complexity index is 143. The number of terminal acetylenes is 1. The second-order valence-corrected chi connectivity index (χ2v) is 2.48. The molecule has 0 aromatic heterocycles. The smallest absolute Gasteiger partial charge is 0.0952 e. The van der Waals surface area contributed by atoms with Gasteiger partial charge in [-0.05, 0) is 19.9 Å². The molecule has 0 heterocycles. The summed E-state index contributed by atoms with van der Waals surface area (Å²) in [6.07, 6.45) is 8.12. The molecule has 0 spiro atoms. The summed E-state index contributed by atoms with van der Waals surface area (Å²) in [4.78, 5) is 0. The van der Waals surface area contributed by atoms with E-state index in [0.29, 0.717) is 0 Å². The molecule has 0 aliphatic carbocycles. The van der Waals surface area contributed by atoms with Crippen molar-refractivity contribution in [2.75, 3.05) is 6.54 Å². The van der Waals surface area contributed by atoms with Crippen LogP contribution in [0.5, 0.6) is 0 Å². The SMILES string of the molecule is C#CC(C)(C=C)NCCC. The maximum atomic E-state index is 5.27.